The molecule has 0 spiro atoms. The number of benzene rings is 1. The van der Waals surface area contributed by atoms with Crippen LogP contribution in [0, 0.1) is 12.8 Å². The number of esters is 1. The van der Waals surface area contributed by atoms with Gasteiger partial charge in [0, 0.05) is 10.7 Å². The van der Waals surface area contributed by atoms with Crippen molar-refractivity contribution in [2.24, 2.45) is 5.92 Å². The van der Waals surface area contributed by atoms with Gasteiger partial charge in [-0.05, 0) is 42.0 Å². The molecule has 0 aliphatic carbocycles. The quantitative estimate of drug-likeness (QED) is 0.685. The molecule has 144 valence electrons. The van der Waals surface area contributed by atoms with Crippen molar-refractivity contribution in [3.63, 3.8) is 0 Å². The van der Waals surface area contributed by atoms with E-state index in [2.05, 4.69) is 10.6 Å². The number of nitrogens with one attached hydrogen (secondary N) is 2. The zero-order valence-electron chi connectivity index (χ0n) is 15.2. The van der Waals surface area contributed by atoms with Crippen LogP contribution in [-0.2, 0) is 14.3 Å². The molecule has 2 aromatic rings. The van der Waals surface area contributed by atoms with Crippen molar-refractivity contribution < 1.29 is 19.1 Å². The number of hydrogen-bond acceptors (Lipinski definition) is 5. The molecule has 0 fully saturated rings. The average Bonchev–Trinajstić information content (AvgIpc) is 3.15. The highest BCUT2D eigenvalue weighted by molar-refractivity contribution is 7.12. The summed E-state index contributed by atoms with van der Waals surface area (Å²) >= 11 is 7.20. The third kappa shape index (κ3) is 6.08. The van der Waals surface area contributed by atoms with E-state index in [1.54, 1.807) is 49.6 Å². The van der Waals surface area contributed by atoms with Gasteiger partial charge in [-0.3, -0.25) is 9.59 Å². The summed E-state index contributed by atoms with van der Waals surface area (Å²) in [4.78, 5) is 37.1. The molecule has 0 saturated heterocycles. The predicted octanol–water partition coefficient (Wildman–Crippen LogP) is 3.65. The molecule has 0 bridgehead atoms. The summed E-state index contributed by atoms with van der Waals surface area (Å²) in [5.41, 5.74) is 1.39. The van der Waals surface area contributed by atoms with E-state index in [4.69, 9.17) is 16.3 Å². The maximum Gasteiger partial charge on any atom is 0.329 e. The van der Waals surface area contributed by atoms with Gasteiger partial charge in [0.25, 0.3) is 11.8 Å². The van der Waals surface area contributed by atoms with Crippen molar-refractivity contribution >= 4 is 46.4 Å². The monoisotopic (exact) mass is 408 g/mol. The Bertz CT molecular complexity index is 821. The van der Waals surface area contributed by atoms with E-state index in [-0.39, 0.29) is 11.8 Å². The molecule has 0 aliphatic rings. The number of thiophene rings is 1. The number of amides is 2. The zero-order valence-corrected chi connectivity index (χ0v) is 16.8. The van der Waals surface area contributed by atoms with Crippen LogP contribution < -0.4 is 10.6 Å². The Morgan fingerprint density at radius 3 is 2.59 bits per heavy atom. The lowest BCUT2D eigenvalue weighted by atomic mass is 10.0. The molecule has 1 heterocycles. The molecule has 2 N–H and O–H groups in total. The van der Waals surface area contributed by atoms with Crippen LogP contribution in [0.3, 0.4) is 0 Å². The fraction of sp³-hybridized carbons (Fsp3) is 0.316. The normalized spacial score (nSPS) is 11.7. The van der Waals surface area contributed by atoms with Gasteiger partial charge in [-0.25, -0.2) is 4.79 Å². The van der Waals surface area contributed by atoms with Crippen LogP contribution in [-0.4, -0.2) is 30.4 Å². The number of halogens is 1. The van der Waals surface area contributed by atoms with Gasteiger partial charge in [0.2, 0.25) is 0 Å². The second-order valence-electron chi connectivity index (χ2n) is 6.29. The van der Waals surface area contributed by atoms with Crippen molar-refractivity contribution in [1.82, 2.24) is 5.32 Å². The van der Waals surface area contributed by atoms with E-state index < -0.39 is 24.5 Å². The summed E-state index contributed by atoms with van der Waals surface area (Å²) < 4.78 is 5.09. The Hall–Kier alpha value is -2.38. The molecule has 1 atom stereocenters. The van der Waals surface area contributed by atoms with Crippen LogP contribution in [0.15, 0.2) is 35.7 Å². The summed E-state index contributed by atoms with van der Waals surface area (Å²) in [6, 6.07) is 7.69. The molecule has 0 radical (unpaired) electrons. The average molecular weight is 409 g/mol. The molecule has 6 nitrogen and oxygen atoms in total. The van der Waals surface area contributed by atoms with E-state index in [0.29, 0.717) is 15.6 Å². The van der Waals surface area contributed by atoms with Crippen molar-refractivity contribution in [2.45, 2.75) is 26.8 Å². The Kier molecular flexibility index (Phi) is 7.38. The zero-order chi connectivity index (χ0) is 20.0. The van der Waals surface area contributed by atoms with E-state index in [0.717, 1.165) is 5.56 Å². The van der Waals surface area contributed by atoms with Crippen molar-refractivity contribution in [1.29, 1.82) is 0 Å². The molecule has 2 amide bonds. The molecule has 8 heteroatoms. The number of rotatable bonds is 7. The van der Waals surface area contributed by atoms with Crippen molar-refractivity contribution in [3.8, 4) is 0 Å². The number of carbonyl (C=O) groups excluding carboxylic acids is 3. The standard InChI is InChI=1S/C19H21ClN2O4S/c1-11(2)17(22-18(24)15-5-4-8-27-15)19(25)26-10-16(23)21-14-9-13(20)7-6-12(14)3/h4-9,11,17H,10H2,1-3H3,(H,21,23)(H,22,24)/t17-/m1/s1. The topological polar surface area (TPSA) is 84.5 Å². The highest BCUT2D eigenvalue weighted by atomic mass is 35.5. The van der Waals surface area contributed by atoms with Crippen LogP contribution in [0.1, 0.15) is 29.1 Å². The third-order valence-electron chi connectivity index (χ3n) is 3.77. The summed E-state index contributed by atoms with van der Waals surface area (Å²) in [5, 5.41) is 7.58. The molecule has 1 aromatic heterocycles. The molecule has 0 saturated carbocycles. The Labute approximate surface area is 166 Å². The summed E-state index contributed by atoms with van der Waals surface area (Å²) in [6.07, 6.45) is 0. The van der Waals surface area contributed by atoms with Crippen LogP contribution in [0.5, 0.6) is 0 Å². The van der Waals surface area contributed by atoms with Gasteiger partial charge in [0.1, 0.15) is 6.04 Å². The molecule has 1 aromatic carbocycles. The molecule has 0 aliphatic heterocycles. The molecule has 0 unspecified atom stereocenters. The summed E-state index contributed by atoms with van der Waals surface area (Å²) in [5.74, 6) is -1.69. The van der Waals surface area contributed by atoms with Crippen LogP contribution in [0.2, 0.25) is 5.02 Å². The number of anilines is 1. The Balaban J connectivity index is 1.92. The predicted molar refractivity (Wildman–Crippen MR) is 106 cm³/mol. The maximum absolute atomic E-state index is 12.3. The van der Waals surface area contributed by atoms with E-state index >= 15 is 0 Å². The number of aryl methyl sites for hydroxylation is 1. The number of hydrogen-bond donors (Lipinski definition) is 2. The molecular formula is C19H21ClN2O4S. The number of carbonyl (C=O) groups is 3. The third-order valence-corrected chi connectivity index (χ3v) is 4.88. The maximum atomic E-state index is 12.3. The number of ether oxygens (including phenoxy) is 1. The Morgan fingerprint density at radius 1 is 1.22 bits per heavy atom. The molecular weight excluding hydrogens is 388 g/mol. The van der Waals surface area contributed by atoms with Crippen molar-refractivity contribution in [3.05, 3.63) is 51.2 Å². The Morgan fingerprint density at radius 2 is 1.96 bits per heavy atom. The minimum absolute atomic E-state index is 0.195. The SMILES string of the molecule is Cc1ccc(Cl)cc1NC(=O)COC(=O)[C@H](NC(=O)c1cccs1)C(C)C. The molecule has 27 heavy (non-hydrogen) atoms. The van der Waals surface area contributed by atoms with Crippen LogP contribution in [0.4, 0.5) is 5.69 Å². The highest BCUT2D eigenvalue weighted by Gasteiger charge is 2.27. The van der Waals surface area contributed by atoms with Gasteiger partial charge >= 0.3 is 5.97 Å². The first-order valence-corrected chi connectivity index (χ1v) is 9.60. The van der Waals surface area contributed by atoms with Gasteiger partial charge < -0.3 is 15.4 Å². The van der Waals surface area contributed by atoms with Gasteiger partial charge in [-0.1, -0.05) is 37.6 Å². The first kappa shape index (κ1) is 20.9. The van der Waals surface area contributed by atoms with Crippen LogP contribution >= 0.6 is 22.9 Å². The summed E-state index contributed by atoms with van der Waals surface area (Å²) in [6.45, 7) is 4.95. The largest absolute Gasteiger partial charge is 0.454 e. The minimum Gasteiger partial charge on any atom is -0.454 e. The van der Waals surface area contributed by atoms with Gasteiger partial charge in [-0.15, -0.1) is 11.3 Å². The lowest BCUT2D eigenvalue weighted by Gasteiger charge is -2.20. The second kappa shape index (κ2) is 9.53. The minimum atomic E-state index is -0.847. The lowest BCUT2D eigenvalue weighted by Crippen LogP contribution is -2.45. The smallest absolute Gasteiger partial charge is 0.329 e. The molecule has 2 rings (SSSR count). The fourth-order valence-electron chi connectivity index (χ4n) is 2.26. The van der Waals surface area contributed by atoms with E-state index in [9.17, 15) is 14.4 Å². The van der Waals surface area contributed by atoms with Crippen molar-refractivity contribution in [2.75, 3.05) is 11.9 Å². The van der Waals surface area contributed by atoms with Gasteiger partial charge in [0.05, 0.1) is 4.88 Å². The van der Waals surface area contributed by atoms with Gasteiger partial charge in [-0.2, -0.15) is 0 Å². The van der Waals surface area contributed by atoms with E-state index in [1.165, 1.54) is 11.3 Å². The fourth-order valence-corrected chi connectivity index (χ4v) is 3.06. The lowest BCUT2D eigenvalue weighted by molar-refractivity contribution is -0.150. The van der Waals surface area contributed by atoms with E-state index in [1.807, 2.05) is 6.92 Å². The summed E-state index contributed by atoms with van der Waals surface area (Å²) in [7, 11) is 0. The first-order chi connectivity index (χ1) is 12.8. The second-order valence-corrected chi connectivity index (χ2v) is 7.67. The van der Waals surface area contributed by atoms with Crippen LogP contribution in [0.25, 0.3) is 0 Å². The highest BCUT2D eigenvalue weighted by Crippen LogP contribution is 2.20. The van der Waals surface area contributed by atoms with Gasteiger partial charge in [0.15, 0.2) is 6.61 Å². The first-order valence-electron chi connectivity index (χ1n) is 8.35.